The van der Waals surface area contributed by atoms with E-state index in [2.05, 4.69) is 88.3 Å². The van der Waals surface area contributed by atoms with E-state index in [-0.39, 0.29) is 61.0 Å². The zero-order valence-electron chi connectivity index (χ0n) is 45.5. The van der Waals surface area contributed by atoms with E-state index in [0.29, 0.717) is 81.4 Å². The number of ether oxygens (including phenoxy) is 4. The molecule has 0 atom stereocenters. The lowest BCUT2D eigenvalue weighted by molar-refractivity contribution is -0.192. The molecule has 4 aromatic carbocycles. The van der Waals surface area contributed by atoms with Gasteiger partial charge in [-0.05, 0) is 94.4 Å². The fraction of sp³-hybridized carbons (Fsp3) is 0.304. The Morgan fingerprint density at radius 1 is 0.771 bits per heavy atom. The van der Waals surface area contributed by atoms with Crippen LogP contribution in [-0.4, -0.2) is 119 Å². The highest BCUT2D eigenvalue weighted by Gasteiger charge is 2.38. The minimum absolute atomic E-state index is 0.0299. The Hall–Kier alpha value is -7.41. The number of nitrogens with zero attached hydrogens (tertiary/aromatic N) is 6. The number of carboxylic acids is 1. The van der Waals surface area contributed by atoms with Crippen LogP contribution in [0.2, 0.25) is 20.1 Å². The second kappa shape index (κ2) is 31.3. The average Bonchev–Trinajstić information content (AvgIpc) is 3.60. The lowest BCUT2D eigenvalue weighted by Gasteiger charge is -2.38. The molecule has 27 heteroatoms. The summed E-state index contributed by atoms with van der Waals surface area (Å²) in [5.41, 5.74) is 2.34. The van der Waals surface area contributed by atoms with Gasteiger partial charge in [-0.25, -0.2) is 23.3 Å². The SMILES string of the molecule is C=CC(=O)Cl.CCN(C(C)C)C(C)C.O=C(O)C(F)(F)F.[C-]#[N+]c1cnc2cc(OC)c(OC3CN(C(=O)C=C)C3)cc2c1Nc1ccc(Cl)c(Cl)c1F.[C-]#[N+]c1cnc2cc(OC)c(OC3CNC3)cc2c1Nc1ccc(Cl)c(Cl)c1F. The highest BCUT2D eigenvalue weighted by atomic mass is 35.5. The molecule has 2 fully saturated rings. The van der Waals surface area contributed by atoms with Gasteiger partial charge >= 0.3 is 12.1 Å². The maximum absolute atomic E-state index is 14.7. The van der Waals surface area contributed by atoms with Gasteiger partial charge in [0.1, 0.15) is 12.2 Å². The summed E-state index contributed by atoms with van der Waals surface area (Å²) < 4.78 is 83.9. The summed E-state index contributed by atoms with van der Waals surface area (Å²) in [6, 6.07) is 14.0. The van der Waals surface area contributed by atoms with Gasteiger partial charge in [-0.1, -0.05) is 66.5 Å². The van der Waals surface area contributed by atoms with E-state index < -0.39 is 29.0 Å². The average molecular weight is 1250 g/mol. The van der Waals surface area contributed by atoms with E-state index in [1.807, 2.05) is 0 Å². The number of alkyl halides is 3. The van der Waals surface area contributed by atoms with Crippen molar-refractivity contribution >= 4 is 131 Å². The maximum Gasteiger partial charge on any atom is 0.490 e. The van der Waals surface area contributed by atoms with Crippen LogP contribution in [0.5, 0.6) is 23.0 Å². The molecule has 442 valence electrons. The van der Waals surface area contributed by atoms with Crippen LogP contribution >= 0.6 is 58.0 Å². The quantitative estimate of drug-likeness (QED) is 0.0250. The van der Waals surface area contributed by atoms with Crippen molar-refractivity contribution in [3.63, 3.8) is 0 Å². The fourth-order valence-electron chi connectivity index (χ4n) is 7.68. The summed E-state index contributed by atoms with van der Waals surface area (Å²) in [5.74, 6) is -2.48. The third-order valence-electron chi connectivity index (χ3n) is 11.9. The number of aliphatic carboxylic acids is 1. The number of rotatable bonds is 15. The summed E-state index contributed by atoms with van der Waals surface area (Å²) >= 11 is 28.3. The summed E-state index contributed by atoms with van der Waals surface area (Å²) in [4.78, 5) is 49.8. The van der Waals surface area contributed by atoms with Crippen LogP contribution in [-0.2, 0) is 14.4 Å². The maximum atomic E-state index is 14.7. The van der Waals surface area contributed by atoms with Gasteiger partial charge in [-0.3, -0.25) is 24.5 Å². The van der Waals surface area contributed by atoms with Crippen molar-refractivity contribution in [2.75, 3.05) is 57.6 Å². The van der Waals surface area contributed by atoms with Crippen LogP contribution in [0.25, 0.3) is 31.5 Å². The lowest BCUT2D eigenvalue weighted by atomic mass is 10.1. The van der Waals surface area contributed by atoms with Gasteiger partial charge in [0.05, 0.1) is 94.3 Å². The normalized spacial score (nSPS) is 12.7. The van der Waals surface area contributed by atoms with E-state index in [1.54, 1.807) is 36.3 Å². The van der Waals surface area contributed by atoms with Crippen molar-refractivity contribution in [3.05, 3.63) is 141 Å². The number of carbonyl (C=O) groups is 3. The second-order valence-electron chi connectivity index (χ2n) is 17.9. The Morgan fingerprint density at radius 2 is 1.17 bits per heavy atom. The molecule has 17 nitrogen and oxygen atoms in total. The predicted octanol–water partition coefficient (Wildman–Crippen LogP) is 14.8. The standard InChI is InChI=1S/C23H17Cl2FN4O3.C20H15Cl2FN4O2.C8H19N.C3H3ClO.C2HF3O2/c1-4-20(31)30-10-12(11-30)33-19-7-13-16(8-18(19)32-3)28-9-17(27-2)23(13)29-15-6-5-14(24)21(25)22(15)26;1-24-15-9-26-14-6-16(28-2)17(29-10-7-25-8-10)5-11(14)20(15)27-13-4-3-12(21)18(22)19(13)23;1-6-9(7(2)3)8(4)5;1-2-3(4)5;3-2(4,5)1(6)7/h4-9,12H,1,10-11H2,3H3,(H,28,29);3-6,9-10,25H,7-8H2,2H3,(H,26,27);7-8H,6H2,1-5H3;2H,1H2;(H,6,7). The lowest BCUT2D eigenvalue weighted by Crippen LogP contribution is -2.55. The molecule has 2 aliphatic rings. The van der Waals surface area contributed by atoms with Gasteiger partial charge in [-0.2, -0.15) is 13.2 Å². The number of halogens is 10. The molecule has 8 rings (SSSR count). The summed E-state index contributed by atoms with van der Waals surface area (Å²) in [7, 11) is 3.05. The number of hydrogen-bond acceptors (Lipinski definition) is 13. The number of pyridine rings is 2. The third kappa shape index (κ3) is 18.3. The summed E-state index contributed by atoms with van der Waals surface area (Å²) in [6.07, 6.45) is -0.185. The molecule has 2 aliphatic heterocycles. The molecular weight excluding hydrogens is 1200 g/mol. The van der Waals surface area contributed by atoms with Crippen LogP contribution in [0.3, 0.4) is 0 Å². The highest BCUT2D eigenvalue weighted by Crippen LogP contribution is 2.44. The third-order valence-corrected chi connectivity index (χ3v) is 13.6. The van der Waals surface area contributed by atoms with E-state index >= 15 is 0 Å². The Morgan fingerprint density at radius 3 is 1.46 bits per heavy atom. The number of hydrogen-bond donors (Lipinski definition) is 4. The number of methoxy groups -OCH3 is 2. The van der Waals surface area contributed by atoms with E-state index in [9.17, 15) is 31.5 Å². The van der Waals surface area contributed by atoms with E-state index in [0.717, 1.165) is 25.7 Å². The number of carbonyl (C=O) groups excluding carboxylic acids is 2. The second-order valence-corrected chi connectivity index (χ2v) is 19.9. The number of carboxylic acid groups (broad SMARTS) is 1. The number of fused-ring (bicyclic) bond motifs is 2. The molecule has 0 spiro atoms. The molecule has 2 saturated heterocycles. The van der Waals surface area contributed by atoms with Crippen molar-refractivity contribution in [1.82, 2.24) is 25.1 Å². The molecule has 0 radical (unpaired) electrons. The molecular formula is C56H55Cl5F5N9O8. The van der Waals surface area contributed by atoms with Gasteiger partial charge in [0, 0.05) is 60.5 Å². The topological polar surface area (TPSA) is 185 Å². The Labute approximate surface area is 500 Å². The molecule has 4 N–H and O–H groups in total. The van der Waals surface area contributed by atoms with Gasteiger partial charge in [0.15, 0.2) is 34.6 Å². The largest absolute Gasteiger partial charge is 0.493 e. The van der Waals surface area contributed by atoms with Crippen LogP contribution in [0.1, 0.15) is 34.6 Å². The Kier molecular flexibility index (Phi) is 25.7. The monoisotopic (exact) mass is 1250 g/mol. The van der Waals surface area contributed by atoms with E-state index in [1.165, 1.54) is 49.8 Å². The van der Waals surface area contributed by atoms with Crippen molar-refractivity contribution < 1.29 is 60.4 Å². The molecule has 1 amide bonds. The van der Waals surface area contributed by atoms with Crippen LogP contribution in [0.15, 0.2) is 86.2 Å². The van der Waals surface area contributed by atoms with Gasteiger partial charge < -0.3 is 44.9 Å². The van der Waals surface area contributed by atoms with Crippen molar-refractivity contribution in [2.24, 2.45) is 0 Å². The van der Waals surface area contributed by atoms with Gasteiger partial charge in [-0.15, -0.1) is 0 Å². The first-order valence-corrected chi connectivity index (χ1v) is 26.5. The minimum Gasteiger partial charge on any atom is -0.493 e. The van der Waals surface area contributed by atoms with Crippen LogP contribution in [0.4, 0.5) is 56.1 Å². The van der Waals surface area contributed by atoms with Gasteiger partial charge in [0.25, 0.3) is 0 Å². The molecule has 0 unspecified atom stereocenters. The Bertz CT molecular complexity index is 3420. The molecule has 6 aromatic rings. The summed E-state index contributed by atoms with van der Waals surface area (Å²) in [5, 5.41) is 16.5. The number of likely N-dealkylation sites (tertiary alicyclic amines) is 1. The first kappa shape index (κ1) is 68.1. The number of anilines is 4. The van der Waals surface area contributed by atoms with Crippen molar-refractivity contribution in [2.45, 2.75) is 65.1 Å². The minimum atomic E-state index is -5.08. The fourth-order valence-corrected chi connectivity index (χ4v) is 8.30. The number of benzene rings is 4. The Balaban J connectivity index is 0.000000267. The summed E-state index contributed by atoms with van der Waals surface area (Å²) in [6.45, 7) is 36.2. The molecule has 0 bridgehead atoms. The zero-order valence-corrected chi connectivity index (χ0v) is 49.2. The molecule has 0 saturated carbocycles. The first-order chi connectivity index (χ1) is 39.2. The number of nitrogens with one attached hydrogen (secondary N) is 3. The van der Waals surface area contributed by atoms with Crippen LogP contribution in [0, 0.1) is 24.8 Å². The predicted molar refractivity (Wildman–Crippen MR) is 314 cm³/mol. The molecule has 0 aliphatic carbocycles. The van der Waals surface area contributed by atoms with Crippen molar-refractivity contribution in [1.29, 1.82) is 0 Å². The van der Waals surface area contributed by atoms with E-state index in [4.69, 9.17) is 100.0 Å². The first-order valence-electron chi connectivity index (χ1n) is 24.6. The number of allylic oxidation sites excluding steroid dienone is 1. The molecule has 83 heavy (non-hydrogen) atoms. The number of amides is 1. The zero-order chi connectivity index (χ0) is 62.0. The highest BCUT2D eigenvalue weighted by molar-refractivity contribution is 6.66. The van der Waals surface area contributed by atoms with Crippen molar-refractivity contribution in [3.8, 4) is 23.0 Å². The molecule has 4 heterocycles. The molecule has 2 aromatic heterocycles. The number of aromatic nitrogens is 2. The smallest absolute Gasteiger partial charge is 0.490 e. The van der Waals surface area contributed by atoms with Crippen LogP contribution < -0.4 is 34.9 Å². The van der Waals surface area contributed by atoms with Gasteiger partial charge in [0.2, 0.25) is 22.5 Å².